The van der Waals surface area contributed by atoms with Crippen LogP contribution in [0, 0.1) is 0 Å². The largest absolute Gasteiger partial charge is 0.464 e. The Morgan fingerprint density at radius 1 is 1.41 bits per heavy atom. The molecular weight excluding hydrogens is 216 g/mol. The number of rotatable bonds is 4. The van der Waals surface area contributed by atoms with Gasteiger partial charge in [-0.15, -0.1) is 0 Å². The van der Waals surface area contributed by atoms with Crippen LogP contribution in [0.4, 0.5) is 0 Å². The molecule has 0 aliphatic carbocycles. The summed E-state index contributed by atoms with van der Waals surface area (Å²) >= 11 is 0. The molecule has 0 bridgehead atoms. The van der Waals surface area contributed by atoms with Crippen molar-refractivity contribution >= 4 is 16.9 Å². The standard InChI is InChI=1S/C13H16N2O2/c1-15(13(16)6-7-14)8-10-9-17-12-5-3-2-4-11(10)12/h2-5,9H,6-8,14H2,1H3. The lowest BCUT2D eigenvalue weighted by molar-refractivity contribution is -0.130. The topological polar surface area (TPSA) is 59.5 Å². The summed E-state index contributed by atoms with van der Waals surface area (Å²) in [6.45, 7) is 0.936. The summed E-state index contributed by atoms with van der Waals surface area (Å²) in [6, 6.07) is 7.80. The molecule has 0 fully saturated rings. The first-order valence-corrected chi connectivity index (χ1v) is 5.61. The van der Waals surface area contributed by atoms with Gasteiger partial charge in [0.25, 0.3) is 0 Å². The van der Waals surface area contributed by atoms with Crippen LogP contribution in [-0.2, 0) is 11.3 Å². The summed E-state index contributed by atoms with van der Waals surface area (Å²) in [5.41, 5.74) is 7.24. The number of para-hydroxylation sites is 1. The molecule has 0 aliphatic rings. The second-order valence-electron chi connectivity index (χ2n) is 4.05. The smallest absolute Gasteiger partial charge is 0.223 e. The van der Waals surface area contributed by atoms with Crippen molar-refractivity contribution in [2.24, 2.45) is 5.73 Å². The molecule has 0 spiro atoms. The SMILES string of the molecule is CN(Cc1coc2ccccc12)C(=O)CCN. The Balaban J connectivity index is 2.16. The molecule has 0 radical (unpaired) electrons. The van der Waals surface area contributed by atoms with Crippen molar-refractivity contribution in [3.63, 3.8) is 0 Å². The summed E-state index contributed by atoms with van der Waals surface area (Å²) in [4.78, 5) is 13.3. The van der Waals surface area contributed by atoms with Gasteiger partial charge >= 0.3 is 0 Å². The van der Waals surface area contributed by atoms with Crippen LogP contribution in [0.25, 0.3) is 11.0 Å². The lowest BCUT2D eigenvalue weighted by Crippen LogP contribution is -2.27. The molecule has 0 atom stereocenters. The molecule has 0 saturated carbocycles. The molecule has 17 heavy (non-hydrogen) atoms. The Hall–Kier alpha value is -1.81. The fraction of sp³-hybridized carbons (Fsp3) is 0.308. The zero-order valence-corrected chi connectivity index (χ0v) is 9.85. The molecule has 0 aliphatic heterocycles. The Kier molecular flexibility index (Phi) is 3.44. The Morgan fingerprint density at radius 3 is 2.94 bits per heavy atom. The third kappa shape index (κ3) is 2.47. The van der Waals surface area contributed by atoms with Gasteiger partial charge in [0.15, 0.2) is 0 Å². The summed E-state index contributed by atoms with van der Waals surface area (Å²) in [6.07, 6.45) is 2.09. The number of benzene rings is 1. The van der Waals surface area contributed by atoms with Gasteiger partial charge in [0, 0.05) is 37.5 Å². The molecule has 4 heteroatoms. The predicted octanol–water partition coefficient (Wildman–Crippen LogP) is 1.74. The second kappa shape index (κ2) is 5.01. The summed E-state index contributed by atoms with van der Waals surface area (Å²) in [7, 11) is 1.78. The molecule has 0 saturated heterocycles. The summed E-state index contributed by atoms with van der Waals surface area (Å²) in [5.74, 6) is 0.0535. The van der Waals surface area contributed by atoms with E-state index in [-0.39, 0.29) is 5.91 Å². The third-order valence-corrected chi connectivity index (χ3v) is 2.75. The number of carbonyl (C=O) groups excluding carboxylic acids is 1. The first kappa shape index (κ1) is 11.7. The quantitative estimate of drug-likeness (QED) is 0.873. The second-order valence-corrected chi connectivity index (χ2v) is 4.05. The average molecular weight is 232 g/mol. The highest BCUT2D eigenvalue weighted by Gasteiger charge is 2.11. The van der Waals surface area contributed by atoms with E-state index in [0.717, 1.165) is 16.5 Å². The van der Waals surface area contributed by atoms with Crippen LogP contribution in [0.15, 0.2) is 34.9 Å². The highest BCUT2D eigenvalue weighted by atomic mass is 16.3. The van der Waals surface area contributed by atoms with Crippen molar-refractivity contribution in [1.82, 2.24) is 4.90 Å². The van der Waals surface area contributed by atoms with E-state index in [1.165, 1.54) is 0 Å². The minimum atomic E-state index is 0.0535. The van der Waals surface area contributed by atoms with Gasteiger partial charge in [-0.3, -0.25) is 4.79 Å². The molecule has 90 valence electrons. The minimum Gasteiger partial charge on any atom is -0.464 e. The van der Waals surface area contributed by atoms with E-state index in [4.69, 9.17) is 10.2 Å². The number of amides is 1. The maximum atomic E-state index is 11.6. The van der Waals surface area contributed by atoms with Gasteiger partial charge < -0.3 is 15.1 Å². The lowest BCUT2D eigenvalue weighted by Gasteiger charge is -2.15. The van der Waals surface area contributed by atoms with Gasteiger partial charge in [-0.2, -0.15) is 0 Å². The van der Waals surface area contributed by atoms with E-state index in [2.05, 4.69) is 0 Å². The highest BCUT2D eigenvalue weighted by molar-refractivity contribution is 5.82. The molecule has 1 amide bonds. The zero-order chi connectivity index (χ0) is 12.3. The first-order valence-electron chi connectivity index (χ1n) is 5.61. The molecule has 1 aromatic heterocycles. The number of nitrogens with zero attached hydrogens (tertiary/aromatic N) is 1. The third-order valence-electron chi connectivity index (χ3n) is 2.75. The van der Waals surface area contributed by atoms with Crippen LogP contribution in [0.3, 0.4) is 0 Å². The van der Waals surface area contributed by atoms with Crippen LogP contribution in [0.1, 0.15) is 12.0 Å². The number of furan rings is 1. The van der Waals surface area contributed by atoms with Crippen LogP contribution in [0.2, 0.25) is 0 Å². The van der Waals surface area contributed by atoms with E-state index in [1.807, 2.05) is 24.3 Å². The van der Waals surface area contributed by atoms with E-state index < -0.39 is 0 Å². The highest BCUT2D eigenvalue weighted by Crippen LogP contribution is 2.21. The van der Waals surface area contributed by atoms with Crippen molar-refractivity contribution in [3.8, 4) is 0 Å². The summed E-state index contributed by atoms with van der Waals surface area (Å²) < 4.78 is 5.43. The van der Waals surface area contributed by atoms with Crippen molar-refractivity contribution in [2.75, 3.05) is 13.6 Å². The fourth-order valence-corrected chi connectivity index (χ4v) is 1.81. The van der Waals surface area contributed by atoms with Gasteiger partial charge in [0.2, 0.25) is 5.91 Å². The van der Waals surface area contributed by atoms with Gasteiger partial charge in [-0.1, -0.05) is 18.2 Å². The molecule has 1 aromatic carbocycles. The first-order chi connectivity index (χ1) is 8.22. The van der Waals surface area contributed by atoms with Crippen LogP contribution in [-0.4, -0.2) is 24.4 Å². The minimum absolute atomic E-state index is 0.0535. The van der Waals surface area contributed by atoms with E-state index in [1.54, 1.807) is 18.2 Å². The van der Waals surface area contributed by atoms with Gasteiger partial charge in [-0.25, -0.2) is 0 Å². The maximum absolute atomic E-state index is 11.6. The van der Waals surface area contributed by atoms with Crippen molar-refractivity contribution in [1.29, 1.82) is 0 Å². The zero-order valence-electron chi connectivity index (χ0n) is 9.85. The molecule has 2 N–H and O–H groups in total. The monoisotopic (exact) mass is 232 g/mol. The Morgan fingerprint density at radius 2 is 2.18 bits per heavy atom. The summed E-state index contributed by atoms with van der Waals surface area (Å²) in [5, 5.41) is 1.06. The molecule has 1 heterocycles. The van der Waals surface area contributed by atoms with Crippen LogP contribution >= 0.6 is 0 Å². The number of nitrogens with two attached hydrogens (primary N) is 1. The van der Waals surface area contributed by atoms with Crippen LogP contribution in [0.5, 0.6) is 0 Å². The van der Waals surface area contributed by atoms with Gasteiger partial charge in [0.1, 0.15) is 5.58 Å². The van der Waals surface area contributed by atoms with Gasteiger partial charge in [-0.05, 0) is 6.07 Å². The van der Waals surface area contributed by atoms with E-state index in [9.17, 15) is 4.79 Å². The Labute approximate surface area is 100.0 Å². The molecule has 4 nitrogen and oxygen atoms in total. The van der Waals surface area contributed by atoms with Crippen molar-refractivity contribution in [2.45, 2.75) is 13.0 Å². The number of hydrogen-bond acceptors (Lipinski definition) is 3. The average Bonchev–Trinajstić information content (AvgIpc) is 2.73. The van der Waals surface area contributed by atoms with Crippen molar-refractivity contribution in [3.05, 3.63) is 36.1 Å². The molecule has 0 unspecified atom stereocenters. The normalized spacial score (nSPS) is 10.7. The number of hydrogen-bond donors (Lipinski definition) is 1. The lowest BCUT2D eigenvalue weighted by atomic mass is 10.1. The van der Waals surface area contributed by atoms with Crippen molar-refractivity contribution < 1.29 is 9.21 Å². The molecule has 2 aromatic rings. The fourth-order valence-electron chi connectivity index (χ4n) is 1.81. The number of fused-ring (bicyclic) bond motifs is 1. The molecular formula is C13H16N2O2. The van der Waals surface area contributed by atoms with Crippen LogP contribution < -0.4 is 5.73 Å². The van der Waals surface area contributed by atoms with E-state index in [0.29, 0.717) is 19.5 Å². The van der Waals surface area contributed by atoms with Gasteiger partial charge in [0.05, 0.1) is 6.26 Å². The maximum Gasteiger partial charge on any atom is 0.223 e. The molecule has 2 rings (SSSR count). The van der Waals surface area contributed by atoms with E-state index >= 15 is 0 Å². The number of carbonyl (C=O) groups is 1. The predicted molar refractivity (Wildman–Crippen MR) is 66.4 cm³/mol. The Bertz CT molecular complexity index is 519.